The molecule has 80 valence electrons. The molecule has 0 aliphatic heterocycles. The van der Waals surface area contributed by atoms with Gasteiger partial charge >= 0.3 is 0 Å². The standard InChI is InChI=1S/C13H17NS/c1-10-7-11(8-14)5-6-12(10)9-15-13(2,3)4/h5-7H,9H2,1-4H3. The number of benzene rings is 1. The van der Waals surface area contributed by atoms with E-state index in [1.165, 1.54) is 11.1 Å². The molecule has 0 N–H and O–H groups in total. The molecule has 0 aromatic heterocycles. The molecule has 0 heterocycles. The SMILES string of the molecule is Cc1cc(C#N)ccc1CSC(C)(C)C. The van der Waals surface area contributed by atoms with Gasteiger partial charge in [0, 0.05) is 10.5 Å². The minimum Gasteiger partial charge on any atom is -0.192 e. The Labute approximate surface area is 96.5 Å². The summed E-state index contributed by atoms with van der Waals surface area (Å²) in [6, 6.07) is 8.07. The number of rotatable bonds is 2. The molecule has 2 heteroatoms. The molecule has 0 fully saturated rings. The smallest absolute Gasteiger partial charge is 0.0991 e. The molecule has 0 unspecified atom stereocenters. The summed E-state index contributed by atoms with van der Waals surface area (Å²) in [6.45, 7) is 8.73. The largest absolute Gasteiger partial charge is 0.192 e. The number of nitrogens with zero attached hydrogens (tertiary/aromatic N) is 1. The number of aryl methyl sites for hydroxylation is 1. The van der Waals surface area contributed by atoms with Crippen molar-refractivity contribution >= 4 is 11.8 Å². The molecule has 1 rings (SSSR count). The van der Waals surface area contributed by atoms with Crippen molar-refractivity contribution in [2.24, 2.45) is 0 Å². The van der Waals surface area contributed by atoms with Crippen LogP contribution in [0.4, 0.5) is 0 Å². The van der Waals surface area contributed by atoms with Gasteiger partial charge in [-0.2, -0.15) is 17.0 Å². The second-order valence-electron chi connectivity index (χ2n) is 4.65. The van der Waals surface area contributed by atoms with E-state index in [4.69, 9.17) is 5.26 Å². The summed E-state index contributed by atoms with van der Waals surface area (Å²) in [7, 11) is 0. The van der Waals surface area contributed by atoms with Gasteiger partial charge in [0.25, 0.3) is 0 Å². The zero-order chi connectivity index (χ0) is 11.5. The summed E-state index contributed by atoms with van der Waals surface area (Å²) in [5, 5.41) is 8.76. The second kappa shape index (κ2) is 4.72. The first kappa shape index (κ1) is 12.1. The van der Waals surface area contributed by atoms with Gasteiger partial charge in [-0.3, -0.25) is 0 Å². The first-order valence-electron chi connectivity index (χ1n) is 5.06. The molecule has 0 aliphatic carbocycles. The fraction of sp³-hybridized carbons (Fsp3) is 0.462. The van der Waals surface area contributed by atoms with Gasteiger partial charge < -0.3 is 0 Å². The monoisotopic (exact) mass is 219 g/mol. The molecular weight excluding hydrogens is 202 g/mol. The topological polar surface area (TPSA) is 23.8 Å². The van der Waals surface area contributed by atoms with E-state index in [1.807, 2.05) is 23.9 Å². The minimum atomic E-state index is 0.292. The average molecular weight is 219 g/mol. The lowest BCUT2D eigenvalue weighted by Crippen LogP contribution is -2.07. The lowest BCUT2D eigenvalue weighted by atomic mass is 10.1. The molecule has 0 aliphatic rings. The van der Waals surface area contributed by atoms with Crippen LogP contribution in [0.2, 0.25) is 0 Å². The molecule has 0 amide bonds. The molecule has 1 aromatic carbocycles. The third kappa shape index (κ3) is 3.97. The van der Waals surface area contributed by atoms with Crippen LogP contribution < -0.4 is 0 Å². The Morgan fingerprint density at radius 3 is 2.47 bits per heavy atom. The van der Waals surface area contributed by atoms with E-state index in [2.05, 4.69) is 39.8 Å². The van der Waals surface area contributed by atoms with E-state index >= 15 is 0 Å². The first-order valence-corrected chi connectivity index (χ1v) is 6.04. The van der Waals surface area contributed by atoms with Gasteiger partial charge in [-0.1, -0.05) is 26.8 Å². The predicted octanol–water partition coefficient (Wildman–Crippen LogP) is 3.90. The van der Waals surface area contributed by atoms with Gasteiger partial charge in [0.05, 0.1) is 11.6 Å². The Morgan fingerprint density at radius 2 is 2.00 bits per heavy atom. The molecule has 0 atom stereocenters. The van der Waals surface area contributed by atoms with Crippen molar-refractivity contribution in [1.29, 1.82) is 5.26 Å². The highest BCUT2D eigenvalue weighted by Gasteiger charge is 2.11. The van der Waals surface area contributed by atoms with Crippen LogP contribution in [0.3, 0.4) is 0 Å². The Kier molecular flexibility index (Phi) is 3.82. The number of nitriles is 1. The van der Waals surface area contributed by atoms with Crippen LogP contribution in [0.25, 0.3) is 0 Å². The van der Waals surface area contributed by atoms with Crippen LogP contribution >= 0.6 is 11.8 Å². The van der Waals surface area contributed by atoms with Crippen molar-refractivity contribution in [1.82, 2.24) is 0 Å². The predicted molar refractivity (Wildman–Crippen MR) is 66.9 cm³/mol. The summed E-state index contributed by atoms with van der Waals surface area (Å²) >= 11 is 1.93. The molecular formula is C13H17NS. The summed E-state index contributed by atoms with van der Waals surface area (Å²) in [6.07, 6.45) is 0. The van der Waals surface area contributed by atoms with Crippen LogP contribution in [0.1, 0.15) is 37.5 Å². The third-order valence-corrected chi connectivity index (χ3v) is 3.45. The van der Waals surface area contributed by atoms with E-state index in [9.17, 15) is 0 Å². The fourth-order valence-electron chi connectivity index (χ4n) is 1.22. The van der Waals surface area contributed by atoms with Gasteiger partial charge in [-0.05, 0) is 30.2 Å². The molecule has 0 spiro atoms. The van der Waals surface area contributed by atoms with Crippen molar-refractivity contribution in [2.75, 3.05) is 0 Å². The highest BCUT2D eigenvalue weighted by atomic mass is 32.2. The molecule has 1 nitrogen and oxygen atoms in total. The maximum Gasteiger partial charge on any atom is 0.0991 e. The number of thioether (sulfide) groups is 1. The van der Waals surface area contributed by atoms with Crippen LogP contribution in [-0.4, -0.2) is 4.75 Å². The normalized spacial score (nSPS) is 11.1. The lowest BCUT2D eigenvalue weighted by Gasteiger charge is -2.18. The molecule has 0 radical (unpaired) electrons. The molecule has 15 heavy (non-hydrogen) atoms. The zero-order valence-corrected chi connectivity index (χ0v) is 10.6. The van der Waals surface area contributed by atoms with E-state index in [-0.39, 0.29) is 0 Å². The zero-order valence-electron chi connectivity index (χ0n) is 9.79. The highest BCUT2D eigenvalue weighted by molar-refractivity contribution is 7.99. The average Bonchev–Trinajstić information content (AvgIpc) is 2.14. The molecule has 0 saturated carbocycles. The van der Waals surface area contributed by atoms with Gasteiger partial charge in [-0.25, -0.2) is 0 Å². The summed E-state index contributed by atoms with van der Waals surface area (Å²) in [5.41, 5.74) is 3.29. The Morgan fingerprint density at radius 1 is 1.33 bits per heavy atom. The molecule has 0 saturated heterocycles. The quantitative estimate of drug-likeness (QED) is 0.753. The van der Waals surface area contributed by atoms with Crippen LogP contribution in [0, 0.1) is 18.3 Å². The first-order chi connectivity index (χ1) is 6.92. The van der Waals surface area contributed by atoms with E-state index in [1.54, 1.807) is 0 Å². The van der Waals surface area contributed by atoms with Crippen molar-refractivity contribution in [2.45, 2.75) is 38.2 Å². The summed E-state index contributed by atoms with van der Waals surface area (Å²) in [4.78, 5) is 0. The van der Waals surface area contributed by atoms with E-state index < -0.39 is 0 Å². The van der Waals surface area contributed by atoms with Gasteiger partial charge in [0.1, 0.15) is 0 Å². The molecule has 0 bridgehead atoms. The van der Waals surface area contributed by atoms with Gasteiger partial charge in [0.2, 0.25) is 0 Å². The van der Waals surface area contributed by atoms with Crippen LogP contribution in [0.15, 0.2) is 18.2 Å². The lowest BCUT2D eigenvalue weighted by molar-refractivity contribution is 0.802. The van der Waals surface area contributed by atoms with Crippen molar-refractivity contribution in [3.8, 4) is 6.07 Å². The van der Waals surface area contributed by atoms with Crippen molar-refractivity contribution in [3.05, 3.63) is 34.9 Å². The Bertz CT molecular complexity index is 383. The van der Waals surface area contributed by atoms with Crippen molar-refractivity contribution < 1.29 is 0 Å². The van der Waals surface area contributed by atoms with E-state index in [0.717, 1.165) is 11.3 Å². The van der Waals surface area contributed by atoms with Crippen LogP contribution in [0.5, 0.6) is 0 Å². The molecule has 1 aromatic rings. The maximum atomic E-state index is 8.76. The fourth-order valence-corrected chi connectivity index (χ4v) is 2.13. The van der Waals surface area contributed by atoms with E-state index in [0.29, 0.717) is 4.75 Å². The third-order valence-electron chi connectivity index (χ3n) is 2.13. The second-order valence-corrected chi connectivity index (χ2v) is 6.46. The number of hydrogen-bond donors (Lipinski definition) is 0. The van der Waals surface area contributed by atoms with Gasteiger partial charge in [-0.15, -0.1) is 0 Å². The highest BCUT2D eigenvalue weighted by Crippen LogP contribution is 2.28. The van der Waals surface area contributed by atoms with Crippen molar-refractivity contribution in [3.63, 3.8) is 0 Å². The van der Waals surface area contributed by atoms with Crippen LogP contribution in [-0.2, 0) is 5.75 Å². The number of hydrogen-bond acceptors (Lipinski definition) is 2. The Balaban J connectivity index is 2.76. The minimum absolute atomic E-state index is 0.292. The maximum absolute atomic E-state index is 8.76. The Hall–Kier alpha value is -0.940. The summed E-state index contributed by atoms with van der Waals surface area (Å²) < 4.78 is 0.292. The summed E-state index contributed by atoms with van der Waals surface area (Å²) in [5.74, 6) is 1.01. The van der Waals surface area contributed by atoms with Gasteiger partial charge in [0.15, 0.2) is 0 Å².